The zero-order valence-electron chi connectivity index (χ0n) is 10.5. The van der Waals surface area contributed by atoms with Crippen LogP contribution in [0.4, 0.5) is 0 Å². The van der Waals surface area contributed by atoms with E-state index in [1.807, 2.05) is 0 Å². The first kappa shape index (κ1) is 13.5. The van der Waals surface area contributed by atoms with E-state index in [1.165, 1.54) is 0 Å². The molecule has 0 aliphatic carbocycles. The highest BCUT2D eigenvalue weighted by molar-refractivity contribution is 5.96. The molecular weight excluding hydrogens is 246 g/mol. The van der Waals surface area contributed by atoms with Gasteiger partial charge in [0.2, 0.25) is 0 Å². The van der Waals surface area contributed by atoms with Gasteiger partial charge in [0, 0.05) is 18.1 Å². The van der Waals surface area contributed by atoms with Crippen molar-refractivity contribution in [1.29, 1.82) is 0 Å². The molecule has 1 heterocycles. The Bertz CT molecular complexity index is 440. The van der Waals surface area contributed by atoms with Crippen LogP contribution in [-0.4, -0.2) is 36.2 Å². The first-order valence-electron chi connectivity index (χ1n) is 6.35. The highest BCUT2D eigenvalue weighted by Gasteiger charge is 2.31. The van der Waals surface area contributed by atoms with Crippen molar-refractivity contribution >= 4 is 11.9 Å². The molecule has 0 radical (unpaired) electrons. The van der Waals surface area contributed by atoms with Crippen molar-refractivity contribution in [2.75, 3.05) is 13.2 Å². The number of amides is 1. The Kier molecular flexibility index (Phi) is 4.52. The van der Waals surface area contributed by atoms with Crippen molar-refractivity contribution in [2.45, 2.75) is 18.9 Å². The summed E-state index contributed by atoms with van der Waals surface area (Å²) in [5.74, 6) is -1.54. The van der Waals surface area contributed by atoms with Crippen LogP contribution in [0.3, 0.4) is 0 Å². The van der Waals surface area contributed by atoms with Crippen molar-refractivity contribution in [1.82, 2.24) is 5.32 Å². The second-order valence-electron chi connectivity index (χ2n) is 4.63. The summed E-state index contributed by atoms with van der Waals surface area (Å²) < 4.78 is 5.29. The molecule has 2 atom stereocenters. The van der Waals surface area contributed by atoms with Crippen LogP contribution >= 0.6 is 0 Å². The Morgan fingerprint density at radius 2 is 2.05 bits per heavy atom. The van der Waals surface area contributed by atoms with Crippen LogP contribution in [0.2, 0.25) is 0 Å². The maximum absolute atomic E-state index is 12.0. The summed E-state index contributed by atoms with van der Waals surface area (Å²) in [6, 6.07) is 7.72. The molecule has 1 aromatic carbocycles. The Balaban J connectivity index is 2.04. The largest absolute Gasteiger partial charge is 0.480 e. The SMILES string of the molecule is O=C(NC(C(=O)O)C1CCCOC1)c1ccccc1. The molecule has 0 saturated carbocycles. The highest BCUT2D eigenvalue weighted by atomic mass is 16.5. The molecule has 102 valence electrons. The topological polar surface area (TPSA) is 75.6 Å². The molecule has 1 aliphatic rings. The molecule has 0 spiro atoms. The molecule has 1 saturated heterocycles. The summed E-state index contributed by atoms with van der Waals surface area (Å²) in [5, 5.41) is 11.8. The molecular formula is C14H17NO4. The van der Waals surface area contributed by atoms with Crippen molar-refractivity contribution in [3.63, 3.8) is 0 Å². The lowest BCUT2D eigenvalue weighted by Crippen LogP contribution is -2.48. The first-order chi connectivity index (χ1) is 9.18. The van der Waals surface area contributed by atoms with E-state index < -0.39 is 12.0 Å². The van der Waals surface area contributed by atoms with Gasteiger partial charge in [-0.05, 0) is 25.0 Å². The minimum absolute atomic E-state index is 0.168. The molecule has 1 amide bonds. The Morgan fingerprint density at radius 1 is 1.32 bits per heavy atom. The Hall–Kier alpha value is -1.88. The summed E-state index contributed by atoms with van der Waals surface area (Å²) >= 11 is 0. The summed E-state index contributed by atoms with van der Waals surface area (Å²) in [5.41, 5.74) is 0.463. The summed E-state index contributed by atoms with van der Waals surface area (Å²) in [6.45, 7) is 1.04. The van der Waals surface area contributed by atoms with E-state index in [2.05, 4.69) is 5.32 Å². The van der Waals surface area contributed by atoms with E-state index >= 15 is 0 Å². The second kappa shape index (κ2) is 6.33. The van der Waals surface area contributed by atoms with Gasteiger partial charge in [-0.1, -0.05) is 18.2 Å². The van der Waals surface area contributed by atoms with Gasteiger partial charge in [0.15, 0.2) is 0 Å². The summed E-state index contributed by atoms with van der Waals surface area (Å²) in [7, 11) is 0. The molecule has 2 N–H and O–H groups in total. The van der Waals surface area contributed by atoms with Gasteiger partial charge in [0.05, 0.1) is 6.61 Å². The quantitative estimate of drug-likeness (QED) is 0.858. The third-order valence-corrected chi connectivity index (χ3v) is 3.26. The van der Waals surface area contributed by atoms with Crippen LogP contribution in [0, 0.1) is 5.92 Å². The molecule has 5 heteroatoms. The lowest BCUT2D eigenvalue weighted by Gasteiger charge is -2.28. The molecule has 0 bridgehead atoms. The van der Waals surface area contributed by atoms with Gasteiger partial charge in [-0.15, -0.1) is 0 Å². The number of ether oxygens (including phenoxy) is 1. The van der Waals surface area contributed by atoms with Crippen LogP contribution in [0.5, 0.6) is 0 Å². The molecule has 1 aliphatic heterocycles. The number of hydrogen-bond donors (Lipinski definition) is 2. The fourth-order valence-corrected chi connectivity index (χ4v) is 2.22. The third kappa shape index (κ3) is 3.54. The normalized spacial score (nSPS) is 20.5. The van der Waals surface area contributed by atoms with Crippen molar-refractivity contribution in [2.24, 2.45) is 5.92 Å². The lowest BCUT2D eigenvalue weighted by molar-refractivity contribution is -0.142. The fourth-order valence-electron chi connectivity index (χ4n) is 2.22. The van der Waals surface area contributed by atoms with Gasteiger partial charge in [-0.25, -0.2) is 4.79 Å². The smallest absolute Gasteiger partial charge is 0.326 e. The van der Waals surface area contributed by atoms with Crippen LogP contribution in [0.15, 0.2) is 30.3 Å². The Labute approximate surface area is 111 Å². The van der Waals surface area contributed by atoms with E-state index in [4.69, 9.17) is 4.74 Å². The molecule has 2 rings (SSSR count). The number of carbonyl (C=O) groups excluding carboxylic acids is 1. The predicted octanol–water partition coefficient (Wildman–Crippen LogP) is 1.30. The van der Waals surface area contributed by atoms with E-state index in [0.717, 1.165) is 12.8 Å². The molecule has 2 unspecified atom stereocenters. The van der Waals surface area contributed by atoms with Crippen LogP contribution in [-0.2, 0) is 9.53 Å². The zero-order chi connectivity index (χ0) is 13.7. The summed E-state index contributed by atoms with van der Waals surface area (Å²) in [6.07, 6.45) is 1.59. The number of nitrogens with one attached hydrogen (secondary N) is 1. The average molecular weight is 263 g/mol. The molecule has 5 nitrogen and oxygen atoms in total. The predicted molar refractivity (Wildman–Crippen MR) is 68.9 cm³/mol. The van der Waals surface area contributed by atoms with Crippen LogP contribution < -0.4 is 5.32 Å². The number of carboxylic acid groups (broad SMARTS) is 1. The van der Waals surface area contributed by atoms with E-state index in [0.29, 0.717) is 18.8 Å². The van der Waals surface area contributed by atoms with Gasteiger partial charge in [-0.3, -0.25) is 4.79 Å². The Morgan fingerprint density at radius 3 is 2.63 bits per heavy atom. The van der Waals surface area contributed by atoms with Crippen LogP contribution in [0.25, 0.3) is 0 Å². The highest BCUT2D eigenvalue weighted by Crippen LogP contribution is 2.18. The van der Waals surface area contributed by atoms with Crippen molar-refractivity contribution in [3.05, 3.63) is 35.9 Å². The van der Waals surface area contributed by atoms with E-state index in [9.17, 15) is 14.7 Å². The number of hydrogen-bond acceptors (Lipinski definition) is 3. The van der Waals surface area contributed by atoms with Gasteiger partial charge in [0.25, 0.3) is 5.91 Å². The van der Waals surface area contributed by atoms with Gasteiger partial charge in [0.1, 0.15) is 6.04 Å². The number of carbonyl (C=O) groups is 2. The monoisotopic (exact) mass is 263 g/mol. The number of aliphatic carboxylic acids is 1. The second-order valence-corrected chi connectivity index (χ2v) is 4.63. The fraction of sp³-hybridized carbons (Fsp3) is 0.429. The molecule has 19 heavy (non-hydrogen) atoms. The third-order valence-electron chi connectivity index (χ3n) is 3.26. The molecule has 1 aromatic rings. The van der Waals surface area contributed by atoms with Crippen molar-refractivity contribution < 1.29 is 19.4 Å². The lowest BCUT2D eigenvalue weighted by atomic mass is 9.93. The zero-order valence-corrected chi connectivity index (χ0v) is 10.5. The maximum Gasteiger partial charge on any atom is 0.326 e. The minimum atomic E-state index is -1.01. The summed E-state index contributed by atoms with van der Waals surface area (Å²) in [4.78, 5) is 23.3. The van der Waals surface area contributed by atoms with E-state index in [-0.39, 0.29) is 11.8 Å². The number of benzene rings is 1. The standard InChI is InChI=1S/C14H17NO4/c16-13(10-5-2-1-3-6-10)15-12(14(17)18)11-7-4-8-19-9-11/h1-3,5-6,11-12H,4,7-9H2,(H,15,16)(H,17,18). The van der Waals surface area contributed by atoms with Crippen LogP contribution in [0.1, 0.15) is 23.2 Å². The minimum Gasteiger partial charge on any atom is -0.480 e. The number of rotatable bonds is 4. The molecule has 1 fully saturated rings. The average Bonchev–Trinajstić information content (AvgIpc) is 2.46. The first-order valence-corrected chi connectivity index (χ1v) is 6.35. The van der Waals surface area contributed by atoms with E-state index in [1.54, 1.807) is 30.3 Å². The van der Waals surface area contributed by atoms with Gasteiger partial charge >= 0.3 is 5.97 Å². The van der Waals surface area contributed by atoms with Crippen molar-refractivity contribution in [3.8, 4) is 0 Å². The van der Waals surface area contributed by atoms with Gasteiger partial charge in [-0.2, -0.15) is 0 Å². The molecule has 0 aromatic heterocycles. The maximum atomic E-state index is 12.0. The number of carboxylic acids is 1. The van der Waals surface area contributed by atoms with Gasteiger partial charge < -0.3 is 15.2 Å².